The molecule has 132 valence electrons. The van der Waals surface area contributed by atoms with Gasteiger partial charge in [0.2, 0.25) is 5.91 Å². The van der Waals surface area contributed by atoms with E-state index in [1.807, 2.05) is 24.3 Å². The first-order chi connectivity index (χ1) is 11.7. The Balaban J connectivity index is 1.78. The van der Waals surface area contributed by atoms with Crippen LogP contribution in [-0.2, 0) is 16.1 Å². The molecular weight excluding hydrogens is 310 g/mol. The van der Waals surface area contributed by atoms with Crippen molar-refractivity contribution in [1.29, 1.82) is 0 Å². The number of urea groups is 1. The highest BCUT2D eigenvalue weighted by Gasteiger charge is 2.22. The summed E-state index contributed by atoms with van der Waals surface area (Å²) in [6.45, 7) is 2.04. The second-order valence-electron chi connectivity index (χ2n) is 5.66. The lowest BCUT2D eigenvalue weighted by Gasteiger charge is -2.16. The van der Waals surface area contributed by atoms with Gasteiger partial charge in [-0.3, -0.25) is 4.79 Å². The zero-order valence-electron chi connectivity index (χ0n) is 14.0. The summed E-state index contributed by atoms with van der Waals surface area (Å²) < 4.78 is 10.5. The number of carbonyl (C=O) groups excluding carboxylic acids is 2. The predicted molar refractivity (Wildman–Crippen MR) is 89.8 cm³/mol. The van der Waals surface area contributed by atoms with Crippen LogP contribution in [-0.4, -0.2) is 44.8 Å². The van der Waals surface area contributed by atoms with Crippen LogP contribution in [0.4, 0.5) is 4.79 Å². The highest BCUT2D eigenvalue weighted by Crippen LogP contribution is 2.13. The summed E-state index contributed by atoms with van der Waals surface area (Å²) >= 11 is 0. The fourth-order valence-electron chi connectivity index (χ4n) is 2.46. The summed E-state index contributed by atoms with van der Waals surface area (Å²) in [6, 6.07) is 6.69. The zero-order valence-corrected chi connectivity index (χ0v) is 14.0. The Labute approximate surface area is 142 Å². The molecular formula is C17H25N3O4. The molecule has 1 heterocycles. The smallest absolute Gasteiger partial charge is 0.315 e. The van der Waals surface area contributed by atoms with E-state index in [-0.39, 0.29) is 11.9 Å². The standard InChI is InChI=1S/C17H25N3O4/c1-23-9-10-24-14-6-4-5-13(11-14)12-19-17(22)20-15-7-2-3-8-18-16(15)21/h4-6,11,15H,2-3,7-10,12H2,1H3,(H,18,21)(H2,19,20,22). The summed E-state index contributed by atoms with van der Waals surface area (Å²) in [5.41, 5.74) is 0.922. The second kappa shape index (κ2) is 9.77. The fourth-order valence-corrected chi connectivity index (χ4v) is 2.46. The molecule has 0 bridgehead atoms. The lowest BCUT2D eigenvalue weighted by atomic mass is 10.1. The van der Waals surface area contributed by atoms with Crippen molar-refractivity contribution in [3.05, 3.63) is 29.8 Å². The van der Waals surface area contributed by atoms with Crippen molar-refractivity contribution < 1.29 is 19.1 Å². The number of nitrogens with one attached hydrogen (secondary N) is 3. The van der Waals surface area contributed by atoms with Crippen LogP contribution in [0.1, 0.15) is 24.8 Å². The molecule has 7 nitrogen and oxygen atoms in total. The van der Waals surface area contributed by atoms with E-state index in [0.29, 0.717) is 32.7 Å². The molecule has 3 amide bonds. The summed E-state index contributed by atoms with van der Waals surface area (Å²) in [6.07, 6.45) is 2.54. The third-order valence-corrected chi connectivity index (χ3v) is 3.75. The average molecular weight is 335 g/mol. The first-order valence-corrected chi connectivity index (χ1v) is 8.22. The van der Waals surface area contributed by atoms with Gasteiger partial charge in [0.25, 0.3) is 0 Å². The number of methoxy groups -OCH3 is 1. The van der Waals surface area contributed by atoms with E-state index < -0.39 is 6.04 Å². The van der Waals surface area contributed by atoms with E-state index in [2.05, 4.69) is 16.0 Å². The number of ether oxygens (including phenoxy) is 2. The molecule has 1 aromatic rings. The highest BCUT2D eigenvalue weighted by atomic mass is 16.5. The van der Waals surface area contributed by atoms with Crippen LogP contribution >= 0.6 is 0 Å². The summed E-state index contributed by atoms with van der Waals surface area (Å²) in [5.74, 6) is 0.617. The number of hydrogen-bond donors (Lipinski definition) is 3. The zero-order chi connectivity index (χ0) is 17.2. The number of benzene rings is 1. The Morgan fingerprint density at radius 3 is 3.04 bits per heavy atom. The van der Waals surface area contributed by atoms with Gasteiger partial charge in [0, 0.05) is 20.2 Å². The van der Waals surface area contributed by atoms with E-state index in [0.717, 1.165) is 24.2 Å². The number of rotatable bonds is 7. The first kappa shape index (κ1) is 18.1. The maximum atomic E-state index is 12.0. The topological polar surface area (TPSA) is 88.7 Å². The van der Waals surface area contributed by atoms with Crippen LogP contribution in [0.3, 0.4) is 0 Å². The largest absolute Gasteiger partial charge is 0.491 e. The minimum atomic E-state index is -0.462. The molecule has 1 aliphatic rings. The highest BCUT2D eigenvalue weighted by molar-refractivity contribution is 5.87. The van der Waals surface area contributed by atoms with Gasteiger partial charge in [0.1, 0.15) is 18.4 Å². The van der Waals surface area contributed by atoms with Gasteiger partial charge in [-0.1, -0.05) is 12.1 Å². The molecule has 0 radical (unpaired) electrons. The van der Waals surface area contributed by atoms with Gasteiger partial charge in [-0.15, -0.1) is 0 Å². The lowest BCUT2D eigenvalue weighted by Crippen LogP contribution is -2.48. The quantitative estimate of drug-likeness (QED) is 0.653. The molecule has 0 aliphatic carbocycles. The molecule has 1 saturated heterocycles. The summed E-state index contributed by atoms with van der Waals surface area (Å²) in [4.78, 5) is 23.8. The molecule has 7 heteroatoms. The monoisotopic (exact) mass is 335 g/mol. The van der Waals surface area contributed by atoms with Gasteiger partial charge in [0.15, 0.2) is 0 Å². The Morgan fingerprint density at radius 2 is 2.21 bits per heavy atom. The number of amides is 3. The van der Waals surface area contributed by atoms with Crippen molar-refractivity contribution in [1.82, 2.24) is 16.0 Å². The van der Waals surface area contributed by atoms with Gasteiger partial charge in [-0.2, -0.15) is 0 Å². The van der Waals surface area contributed by atoms with E-state index in [4.69, 9.17) is 9.47 Å². The number of carbonyl (C=O) groups is 2. The molecule has 1 atom stereocenters. The maximum Gasteiger partial charge on any atom is 0.315 e. The third-order valence-electron chi connectivity index (χ3n) is 3.75. The molecule has 0 spiro atoms. The van der Waals surface area contributed by atoms with E-state index in [9.17, 15) is 9.59 Å². The van der Waals surface area contributed by atoms with Crippen LogP contribution in [0.5, 0.6) is 5.75 Å². The van der Waals surface area contributed by atoms with E-state index in [1.165, 1.54) is 0 Å². The van der Waals surface area contributed by atoms with Crippen molar-refractivity contribution in [2.75, 3.05) is 26.9 Å². The van der Waals surface area contributed by atoms with Gasteiger partial charge in [-0.05, 0) is 37.0 Å². The van der Waals surface area contributed by atoms with Gasteiger partial charge in [0.05, 0.1) is 6.61 Å². The predicted octanol–water partition coefficient (Wildman–Crippen LogP) is 1.18. The van der Waals surface area contributed by atoms with Crippen LogP contribution in [0.25, 0.3) is 0 Å². The van der Waals surface area contributed by atoms with Gasteiger partial charge < -0.3 is 25.4 Å². The molecule has 24 heavy (non-hydrogen) atoms. The average Bonchev–Trinajstić information content (AvgIpc) is 2.78. The molecule has 1 aliphatic heterocycles. The van der Waals surface area contributed by atoms with Crippen molar-refractivity contribution >= 4 is 11.9 Å². The number of hydrogen-bond acceptors (Lipinski definition) is 4. The van der Waals surface area contributed by atoms with E-state index >= 15 is 0 Å². The van der Waals surface area contributed by atoms with Crippen LogP contribution < -0.4 is 20.7 Å². The molecule has 1 aromatic carbocycles. The first-order valence-electron chi connectivity index (χ1n) is 8.22. The van der Waals surface area contributed by atoms with Crippen molar-refractivity contribution in [2.45, 2.75) is 31.8 Å². The summed E-state index contributed by atoms with van der Waals surface area (Å²) in [5, 5.41) is 8.29. The summed E-state index contributed by atoms with van der Waals surface area (Å²) in [7, 11) is 1.62. The van der Waals surface area contributed by atoms with E-state index in [1.54, 1.807) is 7.11 Å². The van der Waals surface area contributed by atoms with Crippen LogP contribution in [0, 0.1) is 0 Å². The minimum Gasteiger partial charge on any atom is -0.491 e. The Bertz CT molecular complexity index is 550. The Kier molecular flexibility index (Phi) is 7.35. The fraction of sp³-hybridized carbons (Fsp3) is 0.529. The lowest BCUT2D eigenvalue weighted by molar-refractivity contribution is -0.122. The van der Waals surface area contributed by atoms with Crippen molar-refractivity contribution in [2.24, 2.45) is 0 Å². The molecule has 0 aromatic heterocycles. The van der Waals surface area contributed by atoms with Crippen molar-refractivity contribution in [3.8, 4) is 5.75 Å². The SMILES string of the molecule is COCCOc1cccc(CNC(=O)NC2CCCCNC2=O)c1. The van der Waals surface area contributed by atoms with Gasteiger partial charge in [-0.25, -0.2) is 4.79 Å². The molecule has 2 rings (SSSR count). The minimum absolute atomic E-state index is 0.115. The third kappa shape index (κ3) is 6.08. The molecule has 1 unspecified atom stereocenters. The van der Waals surface area contributed by atoms with Gasteiger partial charge >= 0.3 is 6.03 Å². The Hall–Kier alpha value is -2.28. The van der Waals surface area contributed by atoms with Crippen molar-refractivity contribution in [3.63, 3.8) is 0 Å². The van der Waals surface area contributed by atoms with Crippen LogP contribution in [0.15, 0.2) is 24.3 Å². The normalized spacial score (nSPS) is 17.5. The molecule has 3 N–H and O–H groups in total. The Morgan fingerprint density at radius 1 is 1.33 bits per heavy atom. The molecule has 1 fully saturated rings. The molecule has 0 saturated carbocycles. The second-order valence-corrected chi connectivity index (χ2v) is 5.66. The maximum absolute atomic E-state index is 12.0. The van der Waals surface area contributed by atoms with Crippen LogP contribution in [0.2, 0.25) is 0 Å².